The lowest BCUT2D eigenvalue weighted by atomic mass is 9.96. The number of nitrogens with zero attached hydrogens (tertiary/aromatic N) is 2. The fraction of sp³-hybridized carbons (Fsp3) is 0.435. The van der Waals surface area contributed by atoms with Gasteiger partial charge in [-0.2, -0.15) is 0 Å². The van der Waals surface area contributed by atoms with Crippen molar-refractivity contribution in [2.24, 2.45) is 0 Å². The second-order valence-electron chi connectivity index (χ2n) is 7.94. The van der Waals surface area contributed by atoms with E-state index >= 15 is 0 Å². The van der Waals surface area contributed by atoms with E-state index in [1.54, 1.807) is 23.5 Å². The quantitative estimate of drug-likeness (QED) is 0.497. The zero-order valence-electron chi connectivity index (χ0n) is 17.4. The molecule has 0 saturated carbocycles. The van der Waals surface area contributed by atoms with Crippen LogP contribution in [0.15, 0.2) is 60.7 Å². The monoisotopic (exact) mass is 428 g/mol. The van der Waals surface area contributed by atoms with Crippen molar-refractivity contribution in [2.45, 2.75) is 42.4 Å². The molecule has 2 fully saturated rings. The molecule has 2 heterocycles. The number of ether oxygens (including phenoxy) is 1. The van der Waals surface area contributed by atoms with Gasteiger partial charge in [-0.25, -0.2) is 0 Å². The Morgan fingerprint density at radius 2 is 1.59 bits per heavy atom. The number of carbonyl (C=O) groups is 1. The number of amides is 1. The van der Waals surface area contributed by atoms with Crippen molar-refractivity contribution in [1.82, 2.24) is 9.80 Å². The molecular weight excluding hydrogens is 400 g/mol. The van der Waals surface area contributed by atoms with Crippen molar-refractivity contribution in [3.05, 3.63) is 71.8 Å². The van der Waals surface area contributed by atoms with E-state index in [1.807, 2.05) is 29.2 Å². The molecule has 4 nitrogen and oxygen atoms in total. The lowest BCUT2D eigenvalue weighted by Crippen LogP contribution is -2.77. The molecule has 2 aliphatic heterocycles. The Bertz CT molecular complexity index is 856. The number of rotatable bonds is 6. The van der Waals surface area contributed by atoms with Gasteiger partial charge in [0.25, 0.3) is 0 Å². The number of likely N-dealkylation sites (tertiary alicyclic amines) is 1. The fourth-order valence-electron chi connectivity index (χ4n) is 4.55. The molecule has 29 heavy (non-hydrogen) atoms. The van der Waals surface area contributed by atoms with Crippen LogP contribution in [0.2, 0.25) is 0 Å². The molecule has 2 aromatic carbocycles. The minimum atomic E-state index is -0.504. The highest BCUT2D eigenvalue weighted by molar-refractivity contribution is 8.17. The van der Waals surface area contributed by atoms with E-state index < -0.39 is 5.72 Å². The normalized spacial score (nSPS) is 25.8. The average Bonchev–Trinajstić information content (AvgIpc) is 3.05. The van der Waals surface area contributed by atoms with Crippen LogP contribution < -0.4 is 0 Å². The number of β-lactam (4-membered cyclic amide) rings is 1. The van der Waals surface area contributed by atoms with E-state index in [2.05, 4.69) is 67.7 Å². The van der Waals surface area contributed by atoms with E-state index in [4.69, 9.17) is 4.74 Å². The molecule has 0 N–H and O–H groups in total. The number of carbonyl (C=O) groups excluding carboxylic acids is 1. The molecule has 0 aliphatic carbocycles. The lowest BCUT2D eigenvalue weighted by molar-refractivity contribution is -0.171. The van der Waals surface area contributed by atoms with Gasteiger partial charge in [-0.1, -0.05) is 60.7 Å². The molecular formula is C23H28N2O2S2. The summed E-state index contributed by atoms with van der Waals surface area (Å²) in [5.41, 5.74) is 1.85. The van der Waals surface area contributed by atoms with Gasteiger partial charge >= 0.3 is 0 Å². The Labute approximate surface area is 182 Å². The van der Waals surface area contributed by atoms with Crippen LogP contribution in [0, 0.1) is 0 Å². The van der Waals surface area contributed by atoms with Crippen molar-refractivity contribution in [3.63, 3.8) is 0 Å². The first-order valence-corrected chi connectivity index (χ1v) is 12.3. The zero-order chi connectivity index (χ0) is 20.6. The summed E-state index contributed by atoms with van der Waals surface area (Å²) in [5.74, 6) is 0.178. The largest absolute Gasteiger partial charge is 0.359 e. The van der Waals surface area contributed by atoms with E-state index in [0.29, 0.717) is 13.2 Å². The maximum atomic E-state index is 13.6. The first kappa shape index (κ1) is 20.8. The summed E-state index contributed by atoms with van der Waals surface area (Å²) in [6, 6.07) is 20.5. The van der Waals surface area contributed by atoms with Crippen molar-refractivity contribution in [1.29, 1.82) is 0 Å². The van der Waals surface area contributed by atoms with Crippen LogP contribution >= 0.6 is 23.5 Å². The standard InChI is InChI=1S/C23H28N2O2S2/c1-22(2)25(19(16-27-22)18-13-9-6-10-14-18)20-21(26)24(23(20,28-3)29-4)15-17-11-7-5-8-12-17/h5-14,19-20H,15-16H2,1-4H3/t19-,20+/m1/s1. The van der Waals surface area contributed by atoms with E-state index in [0.717, 1.165) is 5.56 Å². The molecule has 0 radical (unpaired) electrons. The summed E-state index contributed by atoms with van der Waals surface area (Å²) in [7, 11) is 0. The molecule has 2 aliphatic rings. The molecule has 0 unspecified atom stereocenters. The Balaban J connectivity index is 1.69. The summed E-state index contributed by atoms with van der Waals surface area (Å²) < 4.78 is 5.86. The Morgan fingerprint density at radius 1 is 1.00 bits per heavy atom. The van der Waals surface area contributed by atoms with Crippen LogP contribution in [0.25, 0.3) is 0 Å². The molecule has 1 amide bonds. The molecule has 2 saturated heterocycles. The number of hydrogen-bond donors (Lipinski definition) is 0. The van der Waals surface area contributed by atoms with Crippen molar-refractivity contribution < 1.29 is 9.53 Å². The highest BCUT2D eigenvalue weighted by atomic mass is 32.2. The topological polar surface area (TPSA) is 32.8 Å². The summed E-state index contributed by atoms with van der Waals surface area (Å²) in [5, 5.41) is 0. The summed E-state index contributed by atoms with van der Waals surface area (Å²) in [6.07, 6.45) is 4.21. The zero-order valence-corrected chi connectivity index (χ0v) is 19.0. The summed E-state index contributed by atoms with van der Waals surface area (Å²) in [4.78, 5) is 17.9. The van der Waals surface area contributed by atoms with Crippen LogP contribution in [-0.4, -0.2) is 50.8 Å². The van der Waals surface area contributed by atoms with Gasteiger partial charge in [0.2, 0.25) is 5.91 Å². The predicted molar refractivity (Wildman–Crippen MR) is 122 cm³/mol. The smallest absolute Gasteiger partial charge is 0.246 e. The first-order valence-electron chi connectivity index (χ1n) is 9.87. The third-order valence-electron chi connectivity index (χ3n) is 6.00. The van der Waals surface area contributed by atoms with Crippen LogP contribution in [0.4, 0.5) is 0 Å². The van der Waals surface area contributed by atoms with Crippen molar-refractivity contribution >= 4 is 29.4 Å². The van der Waals surface area contributed by atoms with Gasteiger partial charge in [0.15, 0.2) is 4.20 Å². The molecule has 2 aromatic rings. The second kappa shape index (κ2) is 7.99. The Hall–Kier alpha value is -1.47. The Morgan fingerprint density at radius 3 is 2.17 bits per heavy atom. The minimum Gasteiger partial charge on any atom is -0.359 e. The highest BCUT2D eigenvalue weighted by Gasteiger charge is 2.66. The molecule has 4 rings (SSSR count). The van der Waals surface area contributed by atoms with Gasteiger partial charge in [-0.15, -0.1) is 23.5 Å². The first-order chi connectivity index (χ1) is 13.9. The van der Waals surface area contributed by atoms with Gasteiger partial charge in [-0.05, 0) is 37.5 Å². The SMILES string of the molecule is CSC1(SC)[C@@H](N2[C@@H](c3ccccc3)COC2(C)C)C(=O)N1Cc1ccccc1. The maximum absolute atomic E-state index is 13.6. The Kier molecular flexibility index (Phi) is 5.73. The maximum Gasteiger partial charge on any atom is 0.246 e. The van der Waals surface area contributed by atoms with Gasteiger partial charge in [0.05, 0.1) is 12.6 Å². The third-order valence-corrected chi connectivity index (χ3v) is 9.06. The third kappa shape index (κ3) is 3.40. The molecule has 0 bridgehead atoms. The molecule has 2 atom stereocenters. The van der Waals surface area contributed by atoms with Crippen LogP contribution in [0.3, 0.4) is 0 Å². The van der Waals surface area contributed by atoms with Gasteiger partial charge in [-0.3, -0.25) is 9.69 Å². The number of hydrogen-bond acceptors (Lipinski definition) is 5. The number of benzene rings is 2. The molecule has 0 aromatic heterocycles. The van der Waals surface area contributed by atoms with Gasteiger partial charge in [0.1, 0.15) is 11.8 Å². The molecule has 0 spiro atoms. The second-order valence-corrected chi connectivity index (χ2v) is 10.3. The summed E-state index contributed by atoms with van der Waals surface area (Å²) in [6.45, 7) is 5.38. The molecule has 154 valence electrons. The molecule has 6 heteroatoms. The van der Waals surface area contributed by atoms with E-state index in [1.165, 1.54) is 5.56 Å². The highest BCUT2D eigenvalue weighted by Crippen LogP contribution is 2.55. The number of thioether (sulfide) groups is 2. The van der Waals surface area contributed by atoms with E-state index in [9.17, 15) is 4.79 Å². The predicted octanol–water partition coefficient (Wildman–Crippen LogP) is 4.59. The minimum absolute atomic E-state index is 0.0673. The van der Waals surface area contributed by atoms with Crippen LogP contribution in [0.1, 0.15) is 31.0 Å². The van der Waals surface area contributed by atoms with Gasteiger partial charge < -0.3 is 9.64 Å². The van der Waals surface area contributed by atoms with Crippen molar-refractivity contribution in [2.75, 3.05) is 19.1 Å². The van der Waals surface area contributed by atoms with Crippen LogP contribution in [0.5, 0.6) is 0 Å². The van der Waals surface area contributed by atoms with Crippen molar-refractivity contribution in [3.8, 4) is 0 Å². The van der Waals surface area contributed by atoms with Gasteiger partial charge in [0, 0.05) is 6.54 Å². The average molecular weight is 429 g/mol. The lowest BCUT2D eigenvalue weighted by Gasteiger charge is -2.60. The fourth-order valence-corrected chi connectivity index (χ4v) is 6.84. The van der Waals surface area contributed by atoms with E-state index in [-0.39, 0.29) is 22.2 Å². The van der Waals surface area contributed by atoms with Crippen LogP contribution in [-0.2, 0) is 16.1 Å². The summed E-state index contributed by atoms with van der Waals surface area (Å²) >= 11 is 3.51.